The highest BCUT2D eigenvalue weighted by Crippen LogP contribution is 2.48. The fraction of sp³-hybridized carbons (Fsp3) is 0.458. The van der Waals surface area contributed by atoms with E-state index in [1.807, 2.05) is 43.5 Å². The molecule has 7 nitrogen and oxygen atoms in total. The number of benzene rings is 1. The van der Waals surface area contributed by atoms with E-state index in [1.165, 1.54) is 11.3 Å². The predicted molar refractivity (Wildman–Crippen MR) is 120 cm³/mol. The smallest absolute Gasteiger partial charge is 0.296 e. The Morgan fingerprint density at radius 1 is 1.19 bits per heavy atom. The number of amides is 1. The van der Waals surface area contributed by atoms with Crippen LogP contribution < -0.4 is 9.64 Å². The van der Waals surface area contributed by atoms with Gasteiger partial charge in [0, 0.05) is 25.1 Å². The molecule has 0 saturated heterocycles. The molecule has 168 valence electrons. The van der Waals surface area contributed by atoms with E-state index in [9.17, 15) is 9.59 Å². The van der Waals surface area contributed by atoms with Crippen LogP contribution in [0.5, 0.6) is 5.75 Å². The van der Waals surface area contributed by atoms with Crippen LogP contribution in [0.3, 0.4) is 0 Å². The van der Waals surface area contributed by atoms with E-state index in [0.29, 0.717) is 23.5 Å². The van der Waals surface area contributed by atoms with Crippen LogP contribution in [0, 0.1) is 5.92 Å². The fourth-order valence-corrected chi connectivity index (χ4v) is 5.56. The van der Waals surface area contributed by atoms with Crippen molar-refractivity contribution in [2.24, 2.45) is 5.92 Å². The molecular weight excluding hydrogens is 428 g/mol. The molecule has 1 aromatic heterocycles. The number of nitrogens with zero attached hydrogens (tertiary/aromatic N) is 2. The first-order chi connectivity index (χ1) is 15.5. The highest BCUT2D eigenvalue weighted by Gasteiger charge is 2.53. The van der Waals surface area contributed by atoms with Crippen molar-refractivity contribution in [3.63, 3.8) is 0 Å². The molecule has 1 aliphatic carbocycles. The molecule has 0 bridgehead atoms. The Morgan fingerprint density at radius 2 is 1.97 bits per heavy atom. The summed E-state index contributed by atoms with van der Waals surface area (Å²) in [6.07, 6.45) is 3.54. The average Bonchev–Trinajstić information content (AvgIpc) is 3.40. The van der Waals surface area contributed by atoms with Gasteiger partial charge in [0.05, 0.1) is 29.7 Å². The zero-order chi connectivity index (χ0) is 22.4. The summed E-state index contributed by atoms with van der Waals surface area (Å²) in [5, 5.41) is 2.37. The van der Waals surface area contributed by atoms with Gasteiger partial charge in [-0.05, 0) is 44.4 Å². The standard InChI is InChI=1S/C24H26N2O5S/c1-13(2)30-15-6-4-14(5-7-15)20-19-21(27)17-9-8-16(29-3)12-18(17)31-22(19)23(28)26(20)24-25-10-11-32-24/h4-7,10-11,13,16-18,20H,8-9,12H2,1-3H3. The summed E-state index contributed by atoms with van der Waals surface area (Å²) in [5.74, 6) is 0.345. The number of rotatable bonds is 5. The summed E-state index contributed by atoms with van der Waals surface area (Å²) in [6.45, 7) is 3.94. The van der Waals surface area contributed by atoms with E-state index in [1.54, 1.807) is 18.2 Å². The van der Waals surface area contributed by atoms with Gasteiger partial charge in [-0.15, -0.1) is 11.3 Å². The molecule has 5 rings (SSSR count). The van der Waals surface area contributed by atoms with Gasteiger partial charge in [-0.2, -0.15) is 0 Å². The van der Waals surface area contributed by atoms with Gasteiger partial charge in [0.15, 0.2) is 16.7 Å². The lowest BCUT2D eigenvalue weighted by Crippen LogP contribution is -2.43. The first kappa shape index (κ1) is 21.2. The number of fused-ring (bicyclic) bond motifs is 1. The van der Waals surface area contributed by atoms with Crippen molar-refractivity contribution in [1.82, 2.24) is 4.98 Å². The van der Waals surface area contributed by atoms with Gasteiger partial charge < -0.3 is 14.2 Å². The molecule has 32 heavy (non-hydrogen) atoms. The van der Waals surface area contributed by atoms with Gasteiger partial charge in [-0.25, -0.2) is 4.98 Å². The SMILES string of the molecule is COC1CCC2C(=O)C3=C(OC2C1)C(=O)N(c1nccs1)C3c1ccc(OC(C)C)cc1. The van der Waals surface area contributed by atoms with Crippen LogP contribution in [-0.4, -0.2) is 42.1 Å². The van der Waals surface area contributed by atoms with Gasteiger partial charge in [0.1, 0.15) is 11.9 Å². The maximum Gasteiger partial charge on any atom is 0.296 e. The summed E-state index contributed by atoms with van der Waals surface area (Å²) in [4.78, 5) is 33.2. The van der Waals surface area contributed by atoms with Crippen LogP contribution in [0.15, 0.2) is 47.2 Å². The van der Waals surface area contributed by atoms with Crippen molar-refractivity contribution in [1.29, 1.82) is 0 Å². The predicted octanol–water partition coefficient (Wildman–Crippen LogP) is 4.06. The van der Waals surface area contributed by atoms with Crippen molar-refractivity contribution >= 4 is 28.2 Å². The second-order valence-corrected chi connectivity index (χ2v) is 9.54. The van der Waals surface area contributed by atoms with Crippen molar-refractivity contribution in [3.05, 3.63) is 52.7 Å². The van der Waals surface area contributed by atoms with Gasteiger partial charge >= 0.3 is 0 Å². The summed E-state index contributed by atoms with van der Waals surface area (Å²) in [7, 11) is 1.67. The lowest BCUT2D eigenvalue weighted by atomic mass is 9.76. The lowest BCUT2D eigenvalue weighted by molar-refractivity contribution is -0.135. The monoisotopic (exact) mass is 454 g/mol. The number of hydrogen-bond acceptors (Lipinski definition) is 7. The molecule has 2 aliphatic heterocycles. The Hall–Kier alpha value is -2.71. The van der Waals surface area contributed by atoms with Crippen molar-refractivity contribution in [2.45, 2.75) is 57.5 Å². The molecule has 1 fully saturated rings. The Balaban J connectivity index is 1.56. The highest BCUT2D eigenvalue weighted by molar-refractivity contribution is 7.13. The molecule has 0 spiro atoms. The van der Waals surface area contributed by atoms with Crippen LogP contribution in [0.4, 0.5) is 5.13 Å². The molecule has 2 aromatic rings. The molecule has 4 unspecified atom stereocenters. The molecule has 1 amide bonds. The van der Waals surface area contributed by atoms with E-state index < -0.39 is 6.04 Å². The van der Waals surface area contributed by atoms with Crippen LogP contribution in [0.2, 0.25) is 0 Å². The quantitative estimate of drug-likeness (QED) is 0.678. The number of carbonyl (C=O) groups excluding carboxylic acids is 2. The van der Waals surface area contributed by atoms with Crippen LogP contribution in [-0.2, 0) is 19.1 Å². The fourth-order valence-electron chi connectivity index (χ4n) is 4.89. The van der Waals surface area contributed by atoms with E-state index in [2.05, 4.69) is 4.98 Å². The second kappa shape index (κ2) is 8.33. The Kier molecular flexibility index (Phi) is 5.51. The summed E-state index contributed by atoms with van der Waals surface area (Å²) in [5.41, 5.74) is 1.27. The molecule has 3 heterocycles. The first-order valence-corrected chi connectivity index (χ1v) is 11.8. The van der Waals surface area contributed by atoms with Crippen molar-refractivity contribution < 1.29 is 23.8 Å². The normalized spacial score (nSPS) is 27.4. The minimum atomic E-state index is -0.564. The van der Waals surface area contributed by atoms with E-state index in [0.717, 1.165) is 17.7 Å². The number of ketones is 1. The van der Waals surface area contributed by atoms with Crippen LogP contribution in [0.1, 0.15) is 44.7 Å². The molecule has 0 N–H and O–H groups in total. The average molecular weight is 455 g/mol. The molecule has 0 radical (unpaired) electrons. The Morgan fingerprint density at radius 3 is 2.62 bits per heavy atom. The molecule has 8 heteroatoms. The number of carbonyl (C=O) groups is 2. The van der Waals surface area contributed by atoms with E-state index >= 15 is 0 Å². The second-order valence-electron chi connectivity index (χ2n) is 8.67. The number of anilines is 1. The maximum atomic E-state index is 13.7. The van der Waals surface area contributed by atoms with Crippen molar-refractivity contribution in [2.75, 3.05) is 12.0 Å². The maximum absolute atomic E-state index is 13.7. The minimum absolute atomic E-state index is 0.00529. The van der Waals surface area contributed by atoms with Gasteiger partial charge in [-0.1, -0.05) is 12.1 Å². The molecule has 3 aliphatic rings. The molecule has 1 saturated carbocycles. The number of aromatic nitrogens is 1. The number of hydrogen-bond donors (Lipinski definition) is 0. The minimum Gasteiger partial charge on any atom is -0.491 e. The van der Waals surface area contributed by atoms with Crippen LogP contribution >= 0.6 is 11.3 Å². The first-order valence-electron chi connectivity index (χ1n) is 11.0. The lowest BCUT2D eigenvalue weighted by Gasteiger charge is -2.38. The van der Waals surface area contributed by atoms with Gasteiger partial charge in [0.2, 0.25) is 0 Å². The third-order valence-electron chi connectivity index (χ3n) is 6.33. The number of thiazole rings is 1. The highest BCUT2D eigenvalue weighted by atomic mass is 32.1. The van der Waals surface area contributed by atoms with Crippen molar-refractivity contribution in [3.8, 4) is 5.75 Å². The third-order valence-corrected chi connectivity index (χ3v) is 7.10. The Labute approximate surface area is 191 Å². The number of methoxy groups -OCH3 is 1. The topological polar surface area (TPSA) is 78.0 Å². The summed E-state index contributed by atoms with van der Waals surface area (Å²) < 4.78 is 17.5. The summed E-state index contributed by atoms with van der Waals surface area (Å²) >= 11 is 1.37. The van der Waals surface area contributed by atoms with Gasteiger partial charge in [-0.3, -0.25) is 14.5 Å². The summed E-state index contributed by atoms with van der Waals surface area (Å²) in [6, 6.07) is 7.00. The number of Topliss-reactive ketones (excluding diaryl/α,β-unsaturated/α-hetero) is 1. The molecular formula is C24H26N2O5S. The van der Waals surface area contributed by atoms with E-state index in [-0.39, 0.29) is 41.7 Å². The van der Waals surface area contributed by atoms with Crippen LogP contribution in [0.25, 0.3) is 0 Å². The molecule has 1 aromatic carbocycles. The Bertz CT molecular complexity index is 1050. The zero-order valence-electron chi connectivity index (χ0n) is 18.3. The largest absolute Gasteiger partial charge is 0.491 e. The number of ether oxygens (including phenoxy) is 3. The van der Waals surface area contributed by atoms with E-state index in [4.69, 9.17) is 14.2 Å². The zero-order valence-corrected chi connectivity index (χ0v) is 19.1. The third kappa shape index (κ3) is 3.51. The van der Waals surface area contributed by atoms with Gasteiger partial charge in [0.25, 0.3) is 5.91 Å². The molecule has 4 atom stereocenters.